The Labute approximate surface area is 111 Å². The van der Waals surface area contributed by atoms with Gasteiger partial charge < -0.3 is 15.7 Å². The molecule has 5 heteroatoms. The highest BCUT2D eigenvalue weighted by Gasteiger charge is 2.06. The van der Waals surface area contributed by atoms with Crippen molar-refractivity contribution in [1.82, 2.24) is 4.98 Å². The van der Waals surface area contributed by atoms with Crippen molar-refractivity contribution in [2.75, 3.05) is 0 Å². The van der Waals surface area contributed by atoms with Crippen molar-refractivity contribution in [1.29, 1.82) is 0 Å². The molecule has 2 aromatic rings. The minimum Gasteiger partial charge on any atom is -0.457 e. The predicted octanol–water partition coefficient (Wildman–Crippen LogP) is 2.59. The van der Waals surface area contributed by atoms with E-state index in [9.17, 15) is 0 Å². The topological polar surface area (TPSA) is 80.7 Å². The Kier molecular flexibility index (Phi) is 3.66. The van der Waals surface area contributed by atoms with Gasteiger partial charge in [-0.3, -0.25) is 4.98 Å². The van der Waals surface area contributed by atoms with E-state index in [4.69, 9.17) is 15.7 Å². The molecule has 1 aromatic carbocycles. The van der Waals surface area contributed by atoms with Gasteiger partial charge in [-0.15, -0.1) is 0 Å². The lowest BCUT2D eigenvalue weighted by atomic mass is 10.1. The minimum absolute atomic E-state index is 0.0496. The molecule has 1 heterocycles. The van der Waals surface area contributed by atoms with Crippen LogP contribution in [0.2, 0.25) is 0 Å². The van der Waals surface area contributed by atoms with Crippen molar-refractivity contribution in [2.24, 2.45) is 10.9 Å². The van der Waals surface area contributed by atoms with E-state index in [1.807, 2.05) is 32.0 Å². The van der Waals surface area contributed by atoms with E-state index in [1.165, 1.54) is 0 Å². The number of aromatic nitrogens is 1. The molecule has 0 unspecified atom stereocenters. The summed E-state index contributed by atoms with van der Waals surface area (Å²) in [6.07, 6.45) is 1.55. The van der Waals surface area contributed by atoms with Gasteiger partial charge in [0, 0.05) is 12.3 Å². The standard InChI is InChI=1S/C14H15N3O2/c1-9-3-4-10(2)13(7-9)19-11-5-6-16-12(8-11)14(15)17-18/h3-8,18H,1-2H3,(H2,15,17). The van der Waals surface area contributed by atoms with Crippen LogP contribution in [-0.2, 0) is 0 Å². The van der Waals surface area contributed by atoms with Gasteiger partial charge in [-0.05, 0) is 37.1 Å². The summed E-state index contributed by atoms with van der Waals surface area (Å²) >= 11 is 0. The van der Waals surface area contributed by atoms with Crippen LogP contribution >= 0.6 is 0 Å². The van der Waals surface area contributed by atoms with Crippen LogP contribution in [0, 0.1) is 13.8 Å². The molecule has 2 rings (SSSR count). The second-order valence-corrected chi connectivity index (χ2v) is 4.23. The Morgan fingerprint density at radius 3 is 2.79 bits per heavy atom. The summed E-state index contributed by atoms with van der Waals surface area (Å²) < 4.78 is 5.79. The summed E-state index contributed by atoms with van der Waals surface area (Å²) in [5, 5.41) is 11.5. The molecule has 5 nitrogen and oxygen atoms in total. The van der Waals surface area contributed by atoms with Crippen LogP contribution in [0.25, 0.3) is 0 Å². The number of ether oxygens (including phenoxy) is 1. The fourth-order valence-electron chi connectivity index (χ4n) is 1.61. The molecular weight excluding hydrogens is 242 g/mol. The second kappa shape index (κ2) is 5.39. The zero-order valence-corrected chi connectivity index (χ0v) is 10.8. The first kappa shape index (κ1) is 12.9. The normalized spacial score (nSPS) is 11.4. The van der Waals surface area contributed by atoms with Crippen LogP contribution in [0.4, 0.5) is 0 Å². The summed E-state index contributed by atoms with van der Waals surface area (Å²) in [4.78, 5) is 4.00. The fraction of sp³-hybridized carbons (Fsp3) is 0.143. The van der Waals surface area contributed by atoms with Crippen LogP contribution < -0.4 is 10.5 Å². The van der Waals surface area contributed by atoms with E-state index in [1.54, 1.807) is 18.3 Å². The van der Waals surface area contributed by atoms with E-state index >= 15 is 0 Å². The molecular formula is C14H15N3O2. The number of hydrogen-bond donors (Lipinski definition) is 2. The Balaban J connectivity index is 2.31. The number of benzene rings is 1. The second-order valence-electron chi connectivity index (χ2n) is 4.23. The third-order valence-electron chi connectivity index (χ3n) is 2.67. The summed E-state index contributed by atoms with van der Waals surface area (Å²) in [7, 11) is 0. The molecule has 0 aliphatic heterocycles. The third-order valence-corrected chi connectivity index (χ3v) is 2.67. The van der Waals surface area contributed by atoms with Gasteiger partial charge in [-0.1, -0.05) is 17.3 Å². The largest absolute Gasteiger partial charge is 0.457 e. The van der Waals surface area contributed by atoms with Crippen LogP contribution in [0.5, 0.6) is 11.5 Å². The lowest BCUT2D eigenvalue weighted by molar-refractivity contribution is 0.318. The average Bonchev–Trinajstić information content (AvgIpc) is 2.42. The maximum absolute atomic E-state index is 8.63. The molecule has 0 radical (unpaired) electrons. The summed E-state index contributed by atoms with van der Waals surface area (Å²) in [6.45, 7) is 3.97. The predicted molar refractivity (Wildman–Crippen MR) is 72.7 cm³/mol. The van der Waals surface area contributed by atoms with Crippen LogP contribution in [-0.4, -0.2) is 16.0 Å². The summed E-state index contributed by atoms with van der Waals surface area (Å²) in [5.41, 5.74) is 8.01. The molecule has 19 heavy (non-hydrogen) atoms. The molecule has 0 aliphatic carbocycles. The number of rotatable bonds is 3. The molecule has 98 valence electrons. The monoisotopic (exact) mass is 257 g/mol. The first-order valence-electron chi connectivity index (χ1n) is 5.79. The first-order chi connectivity index (χ1) is 9.10. The number of oxime groups is 1. The molecule has 0 fully saturated rings. The molecule has 1 aromatic heterocycles. The number of nitrogens with zero attached hydrogens (tertiary/aromatic N) is 2. The molecule has 3 N–H and O–H groups in total. The van der Waals surface area contributed by atoms with Gasteiger partial charge in [-0.25, -0.2) is 0 Å². The maximum Gasteiger partial charge on any atom is 0.188 e. The number of hydrogen-bond acceptors (Lipinski definition) is 4. The van der Waals surface area contributed by atoms with Gasteiger partial charge >= 0.3 is 0 Å². The Morgan fingerprint density at radius 2 is 2.05 bits per heavy atom. The molecule has 0 atom stereocenters. The minimum atomic E-state index is -0.0496. The highest BCUT2D eigenvalue weighted by molar-refractivity contribution is 5.95. The van der Waals surface area contributed by atoms with Gasteiger partial charge in [0.1, 0.15) is 17.2 Å². The van der Waals surface area contributed by atoms with Crippen molar-refractivity contribution in [3.05, 3.63) is 53.3 Å². The van der Waals surface area contributed by atoms with Gasteiger partial charge in [-0.2, -0.15) is 0 Å². The Morgan fingerprint density at radius 1 is 1.26 bits per heavy atom. The van der Waals surface area contributed by atoms with Crippen LogP contribution in [0.3, 0.4) is 0 Å². The van der Waals surface area contributed by atoms with Crippen LogP contribution in [0.15, 0.2) is 41.7 Å². The van der Waals surface area contributed by atoms with Crippen molar-refractivity contribution in [3.63, 3.8) is 0 Å². The van der Waals surface area contributed by atoms with E-state index < -0.39 is 0 Å². The number of nitrogens with two attached hydrogens (primary N) is 1. The van der Waals surface area contributed by atoms with Gasteiger partial charge in [0.05, 0.1) is 0 Å². The lowest BCUT2D eigenvalue weighted by Gasteiger charge is -2.10. The molecule has 0 aliphatic rings. The zero-order valence-electron chi connectivity index (χ0n) is 10.8. The summed E-state index contributed by atoms with van der Waals surface area (Å²) in [5.74, 6) is 1.31. The first-order valence-corrected chi connectivity index (χ1v) is 5.79. The number of aryl methyl sites for hydroxylation is 2. The van der Waals surface area contributed by atoms with Crippen molar-refractivity contribution in [2.45, 2.75) is 13.8 Å². The molecule has 0 saturated heterocycles. The lowest BCUT2D eigenvalue weighted by Crippen LogP contribution is -2.14. The van der Waals surface area contributed by atoms with Gasteiger partial charge in [0.15, 0.2) is 5.84 Å². The maximum atomic E-state index is 8.63. The van der Waals surface area contributed by atoms with Crippen molar-refractivity contribution < 1.29 is 9.94 Å². The van der Waals surface area contributed by atoms with Gasteiger partial charge in [0.25, 0.3) is 0 Å². The highest BCUT2D eigenvalue weighted by atomic mass is 16.5. The highest BCUT2D eigenvalue weighted by Crippen LogP contribution is 2.25. The molecule has 0 saturated carbocycles. The van der Waals surface area contributed by atoms with Crippen LogP contribution in [0.1, 0.15) is 16.8 Å². The fourth-order valence-corrected chi connectivity index (χ4v) is 1.61. The van der Waals surface area contributed by atoms with E-state index in [0.29, 0.717) is 11.4 Å². The average molecular weight is 257 g/mol. The molecule has 0 amide bonds. The van der Waals surface area contributed by atoms with E-state index in [0.717, 1.165) is 16.9 Å². The Hall–Kier alpha value is -2.56. The third kappa shape index (κ3) is 3.01. The van der Waals surface area contributed by atoms with E-state index in [-0.39, 0.29) is 5.84 Å². The number of pyridine rings is 1. The molecule has 0 spiro atoms. The quantitative estimate of drug-likeness (QED) is 0.383. The molecule has 0 bridgehead atoms. The summed E-state index contributed by atoms with van der Waals surface area (Å²) in [6, 6.07) is 9.32. The zero-order chi connectivity index (χ0) is 13.8. The smallest absolute Gasteiger partial charge is 0.188 e. The van der Waals surface area contributed by atoms with E-state index in [2.05, 4.69) is 10.1 Å². The SMILES string of the molecule is Cc1ccc(C)c(Oc2ccnc(C(N)=NO)c2)c1. The van der Waals surface area contributed by atoms with Crippen molar-refractivity contribution in [3.8, 4) is 11.5 Å². The van der Waals surface area contributed by atoms with Gasteiger partial charge in [0.2, 0.25) is 0 Å². The number of amidine groups is 1. The van der Waals surface area contributed by atoms with Crippen molar-refractivity contribution >= 4 is 5.84 Å². The Bertz CT molecular complexity index is 624.